The lowest BCUT2D eigenvalue weighted by Crippen LogP contribution is -2.37. The van der Waals surface area contributed by atoms with Crippen LogP contribution in [-0.4, -0.2) is 47.0 Å². The molecule has 0 aliphatic heterocycles. The third-order valence-corrected chi connectivity index (χ3v) is 4.72. The Morgan fingerprint density at radius 1 is 1.26 bits per heavy atom. The van der Waals surface area contributed by atoms with Gasteiger partial charge in [-0.3, -0.25) is 9.59 Å². The summed E-state index contributed by atoms with van der Waals surface area (Å²) in [5.41, 5.74) is 2.18. The second-order valence-electron chi connectivity index (χ2n) is 5.22. The van der Waals surface area contributed by atoms with Gasteiger partial charge in [0.2, 0.25) is 5.91 Å². The van der Waals surface area contributed by atoms with Crippen LogP contribution in [0.4, 0.5) is 0 Å². The molecule has 7 nitrogen and oxygen atoms in total. The van der Waals surface area contributed by atoms with Gasteiger partial charge in [-0.25, -0.2) is 4.98 Å². The highest BCUT2D eigenvalue weighted by atomic mass is 32.1. The summed E-state index contributed by atoms with van der Waals surface area (Å²) >= 11 is 1.27. The van der Waals surface area contributed by atoms with Crippen molar-refractivity contribution in [2.75, 3.05) is 20.1 Å². The highest BCUT2D eigenvalue weighted by Crippen LogP contribution is 2.32. The van der Waals surface area contributed by atoms with E-state index in [1.165, 1.54) is 11.3 Å². The Labute approximate surface area is 138 Å². The summed E-state index contributed by atoms with van der Waals surface area (Å²) in [5, 5.41) is 7.24. The smallest absolute Gasteiger partial charge is 0.263 e. The minimum absolute atomic E-state index is 0.0266. The number of hydrogen-bond donors (Lipinski definition) is 1. The van der Waals surface area contributed by atoms with Crippen LogP contribution < -0.4 is 5.32 Å². The van der Waals surface area contributed by atoms with Crippen molar-refractivity contribution in [1.29, 1.82) is 0 Å². The Bertz CT molecular complexity index is 716. The van der Waals surface area contributed by atoms with Crippen molar-refractivity contribution < 1.29 is 14.1 Å². The quantitative estimate of drug-likeness (QED) is 0.901. The standard InChI is InChI=1S/C15H20N4O3S/c1-6-19(5)11(20)7-16-14(21)13-9(3)17-15(23-13)12-8(2)18-22-10(12)4/h6-7H2,1-5H3,(H,16,21). The van der Waals surface area contributed by atoms with Crippen LogP contribution in [0.2, 0.25) is 0 Å². The lowest BCUT2D eigenvalue weighted by molar-refractivity contribution is -0.128. The van der Waals surface area contributed by atoms with E-state index in [2.05, 4.69) is 15.5 Å². The maximum Gasteiger partial charge on any atom is 0.263 e. The van der Waals surface area contributed by atoms with Crippen molar-refractivity contribution in [3.05, 3.63) is 22.0 Å². The molecule has 0 aliphatic carbocycles. The average molecular weight is 336 g/mol. The third-order valence-electron chi connectivity index (χ3n) is 3.55. The highest BCUT2D eigenvalue weighted by Gasteiger charge is 2.21. The van der Waals surface area contributed by atoms with Gasteiger partial charge in [0, 0.05) is 13.6 Å². The molecule has 8 heteroatoms. The van der Waals surface area contributed by atoms with E-state index in [9.17, 15) is 9.59 Å². The Morgan fingerprint density at radius 3 is 2.52 bits per heavy atom. The number of nitrogens with zero attached hydrogens (tertiary/aromatic N) is 3. The zero-order chi connectivity index (χ0) is 17.1. The van der Waals surface area contributed by atoms with E-state index < -0.39 is 0 Å². The molecule has 2 rings (SSSR count). The Balaban J connectivity index is 2.15. The first-order valence-corrected chi connectivity index (χ1v) is 8.09. The van der Waals surface area contributed by atoms with Gasteiger partial charge in [-0.05, 0) is 27.7 Å². The topological polar surface area (TPSA) is 88.3 Å². The first-order chi connectivity index (χ1) is 10.8. The van der Waals surface area contributed by atoms with Gasteiger partial charge in [0.15, 0.2) is 0 Å². The normalized spacial score (nSPS) is 10.7. The zero-order valence-electron chi connectivity index (χ0n) is 13.9. The third kappa shape index (κ3) is 3.58. The van der Waals surface area contributed by atoms with Crippen molar-refractivity contribution in [3.63, 3.8) is 0 Å². The molecule has 0 spiro atoms. The van der Waals surface area contributed by atoms with Gasteiger partial charge in [-0.15, -0.1) is 11.3 Å². The molecule has 124 valence electrons. The van der Waals surface area contributed by atoms with E-state index in [1.54, 1.807) is 18.9 Å². The number of amides is 2. The summed E-state index contributed by atoms with van der Waals surface area (Å²) < 4.78 is 5.14. The second kappa shape index (κ2) is 6.91. The van der Waals surface area contributed by atoms with Crippen LogP contribution in [0.25, 0.3) is 10.6 Å². The summed E-state index contributed by atoms with van der Waals surface area (Å²) in [4.78, 5) is 30.5. The van der Waals surface area contributed by atoms with Gasteiger partial charge < -0.3 is 14.7 Å². The molecular formula is C15H20N4O3S. The molecule has 2 heterocycles. The number of aromatic nitrogens is 2. The van der Waals surface area contributed by atoms with Crippen LogP contribution in [0.1, 0.15) is 33.7 Å². The van der Waals surface area contributed by atoms with Gasteiger partial charge in [0.25, 0.3) is 5.91 Å². The maximum absolute atomic E-state index is 12.3. The number of carbonyl (C=O) groups excluding carboxylic acids is 2. The van der Waals surface area contributed by atoms with Gasteiger partial charge in [0.1, 0.15) is 15.6 Å². The van der Waals surface area contributed by atoms with Crippen LogP contribution in [0.5, 0.6) is 0 Å². The van der Waals surface area contributed by atoms with Crippen molar-refractivity contribution in [2.45, 2.75) is 27.7 Å². The number of aryl methyl sites for hydroxylation is 3. The molecule has 0 aliphatic rings. The Morgan fingerprint density at radius 2 is 1.96 bits per heavy atom. The summed E-state index contributed by atoms with van der Waals surface area (Å²) in [6.07, 6.45) is 0. The molecule has 0 bridgehead atoms. The summed E-state index contributed by atoms with van der Waals surface area (Å²) in [7, 11) is 1.70. The predicted octanol–water partition coefficient (Wildman–Crippen LogP) is 1.93. The van der Waals surface area contributed by atoms with Crippen molar-refractivity contribution in [3.8, 4) is 10.6 Å². The summed E-state index contributed by atoms with van der Waals surface area (Å²) in [6.45, 7) is 7.87. The van der Waals surface area contributed by atoms with E-state index >= 15 is 0 Å². The fraction of sp³-hybridized carbons (Fsp3) is 0.467. The largest absolute Gasteiger partial charge is 0.361 e. The van der Waals surface area contributed by atoms with Crippen LogP contribution in [0.15, 0.2) is 4.52 Å². The van der Waals surface area contributed by atoms with E-state index in [4.69, 9.17) is 4.52 Å². The average Bonchev–Trinajstić information content (AvgIpc) is 3.05. The Kier molecular flexibility index (Phi) is 5.15. The lowest BCUT2D eigenvalue weighted by atomic mass is 10.2. The van der Waals surface area contributed by atoms with Gasteiger partial charge in [0.05, 0.1) is 23.5 Å². The molecule has 2 amide bonds. The number of rotatable bonds is 5. The molecule has 2 aromatic heterocycles. The number of likely N-dealkylation sites (N-methyl/N-ethyl adjacent to an activating group) is 1. The number of thiazole rings is 1. The zero-order valence-corrected chi connectivity index (χ0v) is 14.7. The van der Waals surface area contributed by atoms with Gasteiger partial charge in [-0.2, -0.15) is 0 Å². The molecule has 1 N–H and O–H groups in total. The number of hydrogen-bond acceptors (Lipinski definition) is 6. The SMILES string of the molecule is CCN(C)C(=O)CNC(=O)c1sc(-c2c(C)noc2C)nc1C. The molecule has 0 saturated heterocycles. The number of carbonyl (C=O) groups is 2. The van der Waals surface area contributed by atoms with Crippen molar-refractivity contribution in [2.24, 2.45) is 0 Å². The van der Waals surface area contributed by atoms with Crippen LogP contribution >= 0.6 is 11.3 Å². The van der Waals surface area contributed by atoms with Crippen molar-refractivity contribution >= 4 is 23.2 Å². The minimum atomic E-state index is -0.295. The summed E-state index contributed by atoms with van der Waals surface area (Å²) in [6, 6.07) is 0. The maximum atomic E-state index is 12.3. The van der Waals surface area contributed by atoms with Gasteiger partial charge in [-0.1, -0.05) is 5.16 Å². The molecule has 0 radical (unpaired) electrons. The molecule has 0 unspecified atom stereocenters. The number of nitrogens with one attached hydrogen (secondary N) is 1. The van der Waals surface area contributed by atoms with E-state index in [-0.39, 0.29) is 18.4 Å². The predicted molar refractivity (Wildman–Crippen MR) is 87.5 cm³/mol. The van der Waals surface area contributed by atoms with Gasteiger partial charge >= 0.3 is 0 Å². The van der Waals surface area contributed by atoms with Crippen LogP contribution in [0, 0.1) is 20.8 Å². The van der Waals surface area contributed by atoms with E-state index in [0.717, 1.165) is 11.3 Å². The molecular weight excluding hydrogens is 316 g/mol. The van der Waals surface area contributed by atoms with Crippen molar-refractivity contribution in [1.82, 2.24) is 20.4 Å². The highest BCUT2D eigenvalue weighted by molar-refractivity contribution is 7.17. The molecule has 23 heavy (non-hydrogen) atoms. The fourth-order valence-electron chi connectivity index (χ4n) is 2.05. The van der Waals surface area contributed by atoms with E-state index in [1.807, 2.05) is 20.8 Å². The first kappa shape index (κ1) is 17.1. The molecule has 0 fully saturated rings. The first-order valence-electron chi connectivity index (χ1n) is 7.28. The van der Waals surface area contributed by atoms with E-state index in [0.29, 0.717) is 27.9 Å². The Hall–Kier alpha value is -2.22. The molecule has 0 atom stereocenters. The monoisotopic (exact) mass is 336 g/mol. The van der Waals surface area contributed by atoms with Crippen LogP contribution in [-0.2, 0) is 4.79 Å². The lowest BCUT2D eigenvalue weighted by Gasteiger charge is -2.14. The second-order valence-corrected chi connectivity index (χ2v) is 6.22. The van der Waals surface area contributed by atoms with Crippen LogP contribution in [0.3, 0.4) is 0 Å². The molecule has 0 saturated carbocycles. The molecule has 0 aromatic carbocycles. The fourth-order valence-corrected chi connectivity index (χ4v) is 3.18. The minimum Gasteiger partial charge on any atom is -0.361 e. The summed E-state index contributed by atoms with van der Waals surface area (Å²) in [5.74, 6) is 0.243. The molecule has 2 aromatic rings.